The minimum absolute atomic E-state index is 0.0467. The predicted molar refractivity (Wildman–Crippen MR) is 123 cm³/mol. The Bertz CT molecular complexity index is 1460. The van der Waals surface area contributed by atoms with Crippen LogP contribution in [-0.2, 0) is 0 Å². The van der Waals surface area contributed by atoms with Gasteiger partial charge in [0.25, 0.3) is 0 Å². The SMILES string of the molecule is Cc1c(O)c(O)c(O)c(-c2cccc3c2c2cc(Cl)ccc2n3-c2ccccc2)c1O. The lowest BCUT2D eigenvalue weighted by molar-refractivity contribution is 0.360. The minimum Gasteiger partial charge on any atom is -0.507 e. The molecule has 0 bridgehead atoms. The van der Waals surface area contributed by atoms with Crippen molar-refractivity contribution in [3.05, 3.63) is 77.3 Å². The molecule has 0 aliphatic carbocycles. The van der Waals surface area contributed by atoms with Crippen molar-refractivity contribution in [3.63, 3.8) is 0 Å². The lowest BCUT2D eigenvalue weighted by atomic mass is 9.95. The molecule has 0 unspecified atom stereocenters. The number of hydrogen-bond acceptors (Lipinski definition) is 4. The highest BCUT2D eigenvalue weighted by Crippen LogP contribution is 2.53. The quantitative estimate of drug-likeness (QED) is 0.197. The zero-order valence-electron chi connectivity index (χ0n) is 16.5. The number of phenols is 4. The average molecular weight is 432 g/mol. The number of para-hydroxylation sites is 1. The van der Waals surface area contributed by atoms with Gasteiger partial charge in [-0.2, -0.15) is 0 Å². The molecule has 0 aliphatic heterocycles. The smallest absolute Gasteiger partial charge is 0.201 e. The largest absolute Gasteiger partial charge is 0.507 e. The molecule has 1 heterocycles. The number of aromatic hydroxyl groups is 4. The summed E-state index contributed by atoms with van der Waals surface area (Å²) >= 11 is 6.33. The molecule has 0 atom stereocenters. The summed E-state index contributed by atoms with van der Waals surface area (Å²) in [5, 5.41) is 43.8. The van der Waals surface area contributed by atoms with Crippen molar-refractivity contribution in [2.24, 2.45) is 0 Å². The summed E-state index contributed by atoms with van der Waals surface area (Å²) in [6.07, 6.45) is 0. The van der Waals surface area contributed by atoms with Crippen molar-refractivity contribution in [2.75, 3.05) is 0 Å². The van der Waals surface area contributed by atoms with E-state index in [9.17, 15) is 20.4 Å². The highest BCUT2D eigenvalue weighted by atomic mass is 35.5. The van der Waals surface area contributed by atoms with Crippen LogP contribution in [-0.4, -0.2) is 25.0 Å². The van der Waals surface area contributed by atoms with Gasteiger partial charge in [0.05, 0.1) is 16.6 Å². The molecule has 0 aliphatic rings. The third-order valence-electron chi connectivity index (χ3n) is 5.67. The second kappa shape index (κ2) is 6.86. The standard InChI is InChI=1S/C25H18ClNO4/c1-13-22(28)21(24(30)25(31)23(13)29)16-8-5-9-19-20(16)17-12-14(26)10-11-18(17)27(19)15-6-3-2-4-7-15/h2-12,28-31H,1H3. The third kappa shape index (κ3) is 2.71. The van der Waals surface area contributed by atoms with E-state index in [-0.39, 0.29) is 16.9 Å². The van der Waals surface area contributed by atoms with E-state index in [4.69, 9.17) is 11.6 Å². The van der Waals surface area contributed by atoms with Crippen LogP contribution in [0.5, 0.6) is 23.0 Å². The topological polar surface area (TPSA) is 85.9 Å². The molecule has 154 valence electrons. The van der Waals surface area contributed by atoms with E-state index in [1.807, 2.05) is 60.7 Å². The van der Waals surface area contributed by atoms with Gasteiger partial charge >= 0.3 is 0 Å². The van der Waals surface area contributed by atoms with Gasteiger partial charge in [0, 0.05) is 27.0 Å². The van der Waals surface area contributed by atoms with Gasteiger partial charge in [0.2, 0.25) is 5.75 Å². The van der Waals surface area contributed by atoms with E-state index in [1.54, 1.807) is 6.07 Å². The zero-order chi connectivity index (χ0) is 21.9. The van der Waals surface area contributed by atoms with Crippen molar-refractivity contribution in [1.82, 2.24) is 4.57 Å². The van der Waals surface area contributed by atoms with Gasteiger partial charge in [-0.25, -0.2) is 0 Å². The Balaban J connectivity index is 1.99. The Morgan fingerprint density at radius 2 is 1.45 bits per heavy atom. The first-order valence-electron chi connectivity index (χ1n) is 9.65. The van der Waals surface area contributed by atoms with Crippen LogP contribution in [0, 0.1) is 6.92 Å². The molecule has 0 spiro atoms. The number of nitrogens with zero attached hydrogens (tertiary/aromatic N) is 1. The first-order chi connectivity index (χ1) is 14.9. The molecule has 5 nitrogen and oxygen atoms in total. The van der Waals surface area contributed by atoms with Crippen LogP contribution in [0.1, 0.15) is 5.56 Å². The molecule has 0 fully saturated rings. The summed E-state index contributed by atoms with van der Waals surface area (Å²) in [5.41, 5.74) is 3.31. The monoisotopic (exact) mass is 431 g/mol. The summed E-state index contributed by atoms with van der Waals surface area (Å²) in [6.45, 7) is 1.47. The van der Waals surface area contributed by atoms with Crippen LogP contribution < -0.4 is 0 Å². The van der Waals surface area contributed by atoms with Crippen molar-refractivity contribution in [1.29, 1.82) is 0 Å². The first kappa shape index (κ1) is 19.2. The van der Waals surface area contributed by atoms with E-state index in [1.165, 1.54) is 6.92 Å². The van der Waals surface area contributed by atoms with Gasteiger partial charge in [-0.15, -0.1) is 0 Å². The van der Waals surface area contributed by atoms with Crippen LogP contribution >= 0.6 is 11.6 Å². The molecule has 4 N–H and O–H groups in total. The molecule has 4 aromatic carbocycles. The molecule has 5 rings (SSSR count). The molecule has 5 aromatic rings. The highest BCUT2D eigenvalue weighted by Gasteiger charge is 2.25. The predicted octanol–water partition coefficient (Wildman–Crippen LogP) is 6.23. The van der Waals surface area contributed by atoms with E-state index in [2.05, 4.69) is 4.57 Å². The maximum Gasteiger partial charge on any atom is 0.201 e. The summed E-state index contributed by atoms with van der Waals surface area (Å²) < 4.78 is 2.08. The second-order valence-corrected chi connectivity index (χ2v) is 7.86. The molecular weight excluding hydrogens is 414 g/mol. The van der Waals surface area contributed by atoms with Crippen LogP contribution in [0.3, 0.4) is 0 Å². The number of fused-ring (bicyclic) bond motifs is 3. The fraction of sp³-hybridized carbons (Fsp3) is 0.0400. The number of benzene rings is 4. The first-order valence-corrected chi connectivity index (χ1v) is 10.0. The van der Waals surface area contributed by atoms with Gasteiger partial charge in [0.15, 0.2) is 11.5 Å². The fourth-order valence-corrected chi connectivity index (χ4v) is 4.35. The lowest BCUT2D eigenvalue weighted by Crippen LogP contribution is -1.93. The number of halogens is 1. The fourth-order valence-electron chi connectivity index (χ4n) is 4.18. The van der Waals surface area contributed by atoms with Gasteiger partial charge in [-0.05, 0) is 48.9 Å². The maximum atomic E-state index is 10.8. The Hall–Kier alpha value is -3.83. The van der Waals surface area contributed by atoms with E-state index >= 15 is 0 Å². The molecule has 0 saturated heterocycles. The molecule has 6 heteroatoms. The number of rotatable bonds is 2. The normalized spacial score (nSPS) is 11.4. The Morgan fingerprint density at radius 3 is 2.19 bits per heavy atom. The summed E-state index contributed by atoms with van der Waals surface area (Å²) in [6, 6.07) is 20.9. The van der Waals surface area contributed by atoms with Crippen molar-refractivity contribution in [3.8, 4) is 39.8 Å². The number of aromatic nitrogens is 1. The van der Waals surface area contributed by atoms with Crippen molar-refractivity contribution < 1.29 is 20.4 Å². The molecular formula is C25H18ClNO4. The van der Waals surface area contributed by atoms with Gasteiger partial charge < -0.3 is 25.0 Å². The second-order valence-electron chi connectivity index (χ2n) is 7.43. The summed E-state index contributed by atoms with van der Waals surface area (Å²) in [4.78, 5) is 0. The van der Waals surface area contributed by atoms with Crippen molar-refractivity contribution >= 4 is 33.4 Å². The zero-order valence-corrected chi connectivity index (χ0v) is 17.2. The van der Waals surface area contributed by atoms with Gasteiger partial charge in [0.1, 0.15) is 5.75 Å². The number of hydrogen-bond donors (Lipinski definition) is 4. The third-order valence-corrected chi connectivity index (χ3v) is 5.90. The maximum absolute atomic E-state index is 10.8. The van der Waals surface area contributed by atoms with Crippen LogP contribution in [0.2, 0.25) is 5.02 Å². The Kier molecular flexibility index (Phi) is 4.24. The average Bonchev–Trinajstić information content (AvgIpc) is 3.11. The molecule has 0 saturated carbocycles. The van der Waals surface area contributed by atoms with Crippen LogP contribution in [0.15, 0.2) is 66.7 Å². The molecule has 0 radical (unpaired) electrons. The highest BCUT2D eigenvalue weighted by molar-refractivity contribution is 6.32. The lowest BCUT2D eigenvalue weighted by Gasteiger charge is -2.15. The van der Waals surface area contributed by atoms with E-state index < -0.39 is 17.2 Å². The number of phenolic OH excluding ortho intramolecular Hbond substituents is 4. The van der Waals surface area contributed by atoms with Gasteiger partial charge in [-0.1, -0.05) is 41.9 Å². The molecule has 31 heavy (non-hydrogen) atoms. The van der Waals surface area contributed by atoms with Gasteiger partial charge in [-0.3, -0.25) is 0 Å². The van der Waals surface area contributed by atoms with Crippen LogP contribution in [0.25, 0.3) is 38.6 Å². The summed E-state index contributed by atoms with van der Waals surface area (Å²) in [7, 11) is 0. The Labute approximate surface area is 182 Å². The van der Waals surface area contributed by atoms with E-state index in [0.29, 0.717) is 10.6 Å². The Morgan fingerprint density at radius 1 is 0.710 bits per heavy atom. The molecule has 0 amide bonds. The summed E-state index contributed by atoms with van der Waals surface area (Å²) in [5.74, 6) is -2.12. The minimum atomic E-state index is -0.674. The van der Waals surface area contributed by atoms with Crippen molar-refractivity contribution in [2.45, 2.75) is 6.92 Å². The van der Waals surface area contributed by atoms with E-state index in [0.717, 1.165) is 27.5 Å². The molecule has 1 aromatic heterocycles. The van der Waals surface area contributed by atoms with Crippen LogP contribution in [0.4, 0.5) is 0 Å².